The first-order chi connectivity index (χ1) is 14.2. The largest absolute Gasteiger partial charge is 0.479 e. The molecule has 0 amide bonds. The van der Waals surface area contributed by atoms with Gasteiger partial charge in [0, 0.05) is 0 Å². The van der Waals surface area contributed by atoms with Gasteiger partial charge in [-0.25, -0.2) is 4.79 Å². The zero-order chi connectivity index (χ0) is 21.2. The maximum Gasteiger partial charge on any atom is 0.344 e. The van der Waals surface area contributed by atoms with Crippen LogP contribution in [0, 0.1) is 0 Å². The number of benzene rings is 1. The van der Waals surface area contributed by atoms with Crippen LogP contribution in [0.1, 0.15) is 116 Å². The van der Waals surface area contributed by atoms with Crippen LogP contribution in [0.4, 0.5) is 0 Å². The fraction of sp³-hybridized carbons (Fsp3) is 0.731. The monoisotopic (exact) mass is 404 g/mol. The van der Waals surface area contributed by atoms with Gasteiger partial charge in [0.2, 0.25) is 0 Å². The van der Waals surface area contributed by atoms with Crippen molar-refractivity contribution < 1.29 is 14.6 Å². The highest BCUT2D eigenvalue weighted by molar-refractivity contribution is 5.72. The molecule has 1 atom stereocenters. The van der Waals surface area contributed by atoms with Gasteiger partial charge in [-0.05, 0) is 43.4 Å². The van der Waals surface area contributed by atoms with E-state index in [0.29, 0.717) is 12.2 Å². The molecule has 0 aliphatic heterocycles. The molecule has 0 radical (unpaired) electrons. The first-order valence-corrected chi connectivity index (χ1v) is 12.2. The van der Waals surface area contributed by atoms with Crippen LogP contribution in [0.15, 0.2) is 24.3 Å². The number of carboxylic acids is 1. The van der Waals surface area contributed by atoms with Crippen molar-refractivity contribution >= 4 is 5.97 Å². The molecule has 29 heavy (non-hydrogen) atoms. The maximum atomic E-state index is 11.5. The molecule has 3 heteroatoms. The fourth-order valence-corrected chi connectivity index (χ4v) is 3.70. The van der Waals surface area contributed by atoms with Crippen LogP contribution in [0.2, 0.25) is 0 Å². The molecule has 0 fully saturated rings. The number of rotatable bonds is 19. The van der Waals surface area contributed by atoms with E-state index in [0.717, 1.165) is 19.3 Å². The second kappa shape index (κ2) is 17.4. The van der Waals surface area contributed by atoms with Crippen LogP contribution in [0.25, 0.3) is 0 Å². The van der Waals surface area contributed by atoms with Crippen molar-refractivity contribution in [3.05, 3.63) is 29.8 Å². The summed E-state index contributed by atoms with van der Waals surface area (Å²) in [6, 6.07) is 8.02. The van der Waals surface area contributed by atoms with Gasteiger partial charge < -0.3 is 9.84 Å². The third-order valence-corrected chi connectivity index (χ3v) is 5.62. The summed E-state index contributed by atoms with van der Waals surface area (Å²) in [7, 11) is 0. The van der Waals surface area contributed by atoms with E-state index in [2.05, 4.69) is 26.0 Å². The Balaban J connectivity index is 2.25. The minimum absolute atomic E-state index is 0.586. The van der Waals surface area contributed by atoms with Crippen molar-refractivity contribution in [1.29, 1.82) is 0 Å². The van der Waals surface area contributed by atoms with Gasteiger partial charge in [0.25, 0.3) is 0 Å². The number of hydrogen-bond acceptors (Lipinski definition) is 2. The molecule has 0 spiro atoms. The predicted octanol–water partition coefficient (Wildman–Crippen LogP) is 7.95. The van der Waals surface area contributed by atoms with Crippen molar-refractivity contribution in [2.24, 2.45) is 0 Å². The quantitative estimate of drug-likeness (QED) is 0.238. The van der Waals surface area contributed by atoms with Crippen LogP contribution >= 0.6 is 0 Å². The van der Waals surface area contributed by atoms with Crippen LogP contribution in [0.5, 0.6) is 5.75 Å². The van der Waals surface area contributed by atoms with Gasteiger partial charge in [-0.3, -0.25) is 0 Å². The molecular weight excluding hydrogens is 360 g/mol. The van der Waals surface area contributed by atoms with Crippen molar-refractivity contribution in [2.75, 3.05) is 0 Å². The normalized spacial score (nSPS) is 12.1. The first kappa shape index (κ1) is 25.5. The summed E-state index contributed by atoms with van der Waals surface area (Å²) in [5.74, 6) is -0.188. The number of hydrogen-bond donors (Lipinski definition) is 1. The van der Waals surface area contributed by atoms with E-state index in [1.54, 1.807) is 0 Å². The summed E-state index contributed by atoms with van der Waals surface area (Å²) >= 11 is 0. The lowest BCUT2D eigenvalue weighted by Crippen LogP contribution is -2.26. The highest BCUT2D eigenvalue weighted by Crippen LogP contribution is 2.19. The number of carbonyl (C=O) groups is 1. The minimum Gasteiger partial charge on any atom is -0.479 e. The zero-order valence-electron chi connectivity index (χ0n) is 19.0. The number of unbranched alkanes of at least 4 members (excludes halogenated alkanes) is 12. The van der Waals surface area contributed by atoms with E-state index >= 15 is 0 Å². The number of carboxylic acid groups (broad SMARTS) is 1. The van der Waals surface area contributed by atoms with Gasteiger partial charge in [-0.15, -0.1) is 0 Å². The molecule has 0 saturated carbocycles. The average molecular weight is 405 g/mol. The second-order valence-corrected chi connectivity index (χ2v) is 8.37. The standard InChI is InChI=1S/C26H44O3/c1-3-5-7-9-11-13-15-17-23-19-21-24(22-20-23)29-25(26(27)28)18-16-14-12-10-8-6-4-2/h19-22,25H,3-18H2,1-2H3,(H,27,28). The van der Waals surface area contributed by atoms with E-state index in [4.69, 9.17) is 4.74 Å². The molecule has 3 nitrogen and oxygen atoms in total. The molecule has 0 saturated heterocycles. The maximum absolute atomic E-state index is 11.5. The summed E-state index contributed by atoms with van der Waals surface area (Å²) in [5.41, 5.74) is 1.31. The zero-order valence-corrected chi connectivity index (χ0v) is 19.0. The number of aryl methyl sites for hydroxylation is 1. The summed E-state index contributed by atoms with van der Waals surface area (Å²) in [4.78, 5) is 11.5. The lowest BCUT2D eigenvalue weighted by atomic mass is 10.0. The van der Waals surface area contributed by atoms with Gasteiger partial charge in [0.15, 0.2) is 6.10 Å². The molecule has 0 aliphatic carbocycles. The number of ether oxygens (including phenoxy) is 1. The Kier molecular flexibility index (Phi) is 15.3. The Hall–Kier alpha value is -1.51. The van der Waals surface area contributed by atoms with E-state index in [1.807, 2.05) is 12.1 Å². The molecule has 1 rings (SSSR count). The van der Waals surface area contributed by atoms with Gasteiger partial charge in [0.1, 0.15) is 5.75 Å². The molecule has 1 unspecified atom stereocenters. The Bertz CT molecular complexity index is 509. The molecule has 1 aromatic carbocycles. The minimum atomic E-state index is -0.858. The van der Waals surface area contributed by atoms with Gasteiger partial charge in [0.05, 0.1) is 0 Å². The Morgan fingerprint density at radius 2 is 1.24 bits per heavy atom. The third kappa shape index (κ3) is 13.4. The van der Waals surface area contributed by atoms with Crippen LogP contribution in [0.3, 0.4) is 0 Å². The smallest absolute Gasteiger partial charge is 0.344 e. The van der Waals surface area contributed by atoms with Crippen molar-refractivity contribution in [3.63, 3.8) is 0 Å². The van der Waals surface area contributed by atoms with Gasteiger partial charge in [-0.1, -0.05) is 103 Å². The molecule has 1 aromatic rings. The lowest BCUT2D eigenvalue weighted by Gasteiger charge is -2.15. The molecule has 0 aromatic heterocycles. The predicted molar refractivity (Wildman–Crippen MR) is 123 cm³/mol. The summed E-state index contributed by atoms with van der Waals surface area (Å²) in [6.07, 6.45) is 18.5. The summed E-state index contributed by atoms with van der Waals surface area (Å²) < 4.78 is 5.76. The van der Waals surface area contributed by atoms with Gasteiger partial charge >= 0.3 is 5.97 Å². The van der Waals surface area contributed by atoms with Crippen LogP contribution in [-0.2, 0) is 11.2 Å². The third-order valence-electron chi connectivity index (χ3n) is 5.62. The SMILES string of the molecule is CCCCCCCCCc1ccc(OC(CCCCCCCCC)C(=O)O)cc1. The van der Waals surface area contributed by atoms with Crippen molar-refractivity contribution in [2.45, 2.75) is 123 Å². The first-order valence-electron chi connectivity index (χ1n) is 12.2. The van der Waals surface area contributed by atoms with Crippen molar-refractivity contribution in [1.82, 2.24) is 0 Å². The van der Waals surface area contributed by atoms with E-state index in [9.17, 15) is 9.90 Å². The Morgan fingerprint density at radius 1 is 0.759 bits per heavy atom. The molecular formula is C26H44O3. The average Bonchev–Trinajstić information content (AvgIpc) is 2.72. The molecule has 1 N–H and O–H groups in total. The summed E-state index contributed by atoms with van der Waals surface area (Å²) in [6.45, 7) is 4.47. The van der Waals surface area contributed by atoms with E-state index < -0.39 is 12.1 Å². The van der Waals surface area contributed by atoms with Gasteiger partial charge in [-0.2, -0.15) is 0 Å². The van der Waals surface area contributed by atoms with E-state index in [1.165, 1.54) is 82.6 Å². The molecule has 0 bridgehead atoms. The fourth-order valence-electron chi connectivity index (χ4n) is 3.70. The van der Waals surface area contributed by atoms with Crippen LogP contribution < -0.4 is 4.74 Å². The Labute approximate surface area is 179 Å². The van der Waals surface area contributed by atoms with E-state index in [-0.39, 0.29) is 0 Å². The molecule has 0 heterocycles. The van der Waals surface area contributed by atoms with Crippen molar-refractivity contribution in [3.8, 4) is 5.75 Å². The van der Waals surface area contributed by atoms with Crippen LogP contribution in [-0.4, -0.2) is 17.2 Å². The highest BCUT2D eigenvalue weighted by Gasteiger charge is 2.18. The second-order valence-electron chi connectivity index (χ2n) is 8.37. The highest BCUT2D eigenvalue weighted by atomic mass is 16.5. The molecule has 0 aliphatic rings. The number of aliphatic carboxylic acids is 1. The Morgan fingerprint density at radius 3 is 1.76 bits per heavy atom. The lowest BCUT2D eigenvalue weighted by molar-refractivity contribution is -0.145. The molecule has 166 valence electrons. The summed E-state index contributed by atoms with van der Waals surface area (Å²) in [5, 5.41) is 9.46. The topological polar surface area (TPSA) is 46.5 Å².